The average Bonchev–Trinajstić information content (AvgIpc) is 3.11. The van der Waals surface area contributed by atoms with E-state index in [1.165, 1.54) is 6.42 Å². The van der Waals surface area contributed by atoms with Gasteiger partial charge in [0.05, 0.1) is 0 Å². The van der Waals surface area contributed by atoms with Crippen LogP contribution in [0, 0.1) is 0 Å². The highest BCUT2D eigenvalue weighted by Gasteiger charge is 2.27. The average molecular weight is 354 g/mol. The van der Waals surface area contributed by atoms with Crippen LogP contribution in [0.25, 0.3) is 0 Å². The molecule has 1 saturated heterocycles. The Morgan fingerprint density at radius 2 is 2.12 bits per heavy atom. The molecule has 0 bridgehead atoms. The number of aromatic nitrogens is 1. The molecule has 6 heteroatoms. The zero-order valence-electron chi connectivity index (χ0n) is 15.1. The third kappa shape index (κ3) is 4.73. The molecule has 0 saturated carbocycles. The van der Waals surface area contributed by atoms with Crippen molar-refractivity contribution in [2.45, 2.75) is 32.4 Å². The Balaban J connectivity index is 1.73. The zero-order valence-corrected chi connectivity index (χ0v) is 15.1. The number of phenols is 1. The van der Waals surface area contributed by atoms with Gasteiger partial charge >= 0.3 is 6.03 Å². The minimum Gasteiger partial charge on any atom is -0.508 e. The molecule has 138 valence electrons. The van der Waals surface area contributed by atoms with E-state index in [1.54, 1.807) is 24.4 Å². The summed E-state index contributed by atoms with van der Waals surface area (Å²) in [5.41, 5.74) is 0.986. The third-order valence-electron chi connectivity index (χ3n) is 4.83. The molecule has 2 amide bonds. The van der Waals surface area contributed by atoms with Crippen molar-refractivity contribution in [3.05, 3.63) is 54.2 Å². The summed E-state index contributed by atoms with van der Waals surface area (Å²) in [6.07, 6.45) is 3.94. The first kappa shape index (κ1) is 18.2. The molecule has 2 aromatic rings. The number of hydrogen-bond donors (Lipinski definition) is 2. The maximum Gasteiger partial charge on any atom is 0.323 e. The number of pyridine rings is 1. The van der Waals surface area contributed by atoms with Crippen molar-refractivity contribution in [1.29, 1.82) is 0 Å². The van der Waals surface area contributed by atoms with Gasteiger partial charge < -0.3 is 10.0 Å². The van der Waals surface area contributed by atoms with Crippen LogP contribution in [0.2, 0.25) is 0 Å². The van der Waals surface area contributed by atoms with Gasteiger partial charge in [-0.25, -0.2) is 9.78 Å². The highest BCUT2D eigenvalue weighted by molar-refractivity contribution is 5.88. The molecule has 3 rings (SSSR count). The zero-order chi connectivity index (χ0) is 18.4. The van der Waals surface area contributed by atoms with E-state index in [-0.39, 0.29) is 11.8 Å². The lowest BCUT2D eigenvalue weighted by Gasteiger charge is -2.30. The molecule has 1 fully saturated rings. The van der Waals surface area contributed by atoms with Crippen molar-refractivity contribution in [3.63, 3.8) is 0 Å². The molecule has 1 atom stereocenters. The second-order valence-corrected chi connectivity index (χ2v) is 6.62. The van der Waals surface area contributed by atoms with Crippen LogP contribution in [0.15, 0.2) is 48.7 Å². The summed E-state index contributed by atoms with van der Waals surface area (Å²) in [5, 5.41) is 12.4. The lowest BCUT2D eigenvalue weighted by atomic mass is 10.1. The van der Waals surface area contributed by atoms with E-state index >= 15 is 0 Å². The molecule has 0 spiro atoms. The Hall–Kier alpha value is -2.60. The number of hydrogen-bond acceptors (Lipinski definition) is 4. The summed E-state index contributed by atoms with van der Waals surface area (Å²) >= 11 is 0. The number of carbonyl (C=O) groups excluding carboxylic acids is 1. The molecule has 6 nitrogen and oxygen atoms in total. The van der Waals surface area contributed by atoms with Gasteiger partial charge in [0.2, 0.25) is 0 Å². The maximum absolute atomic E-state index is 12.9. The molecule has 1 aromatic carbocycles. The standard InChI is InChI=1S/C20H26N4O2/c1-2-23-13-5-6-17(23)15-24(14-16-8-10-18(25)11-9-16)20(26)22-19-7-3-4-12-21-19/h3-4,7-12,17,25H,2,5-6,13-15H2,1H3,(H,21,22,26)/t17-/m1/s1. The van der Waals surface area contributed by atoms with Gasteiger partial charge in [0.1, 0.15) is 11.6 Å². The Morgan fingerprint density at radius 1 is 1.31 bits per heavy atom. The van der Waals surface area contributed by atoms with Crippen LogP contribution in [0.5, 0.6) is 5.75 Å². The highest BCUT2D eigenvalue weighted by Crippen LogP contribution is 2.20. The largest absolute Gasteiger partial charge is 0.508 e. The molecule has 1 aliphatic heterocycles. The number of phenolic OH excluding ortho intramolecular Hbond substituents is 1. The van der Waals surface area contributed by atoms with Gasteiger partial charge in [-0.15, -0.1) is 0 Å². The molecule has 26 heavy (non-hydrogen) atoms. The fourth-order valence-electron chi connectivity index (χ4n) is 3.44. The predicted molar refractivity (Wildman–Crippen MR) is 102 cm³/mol. The summed E-state index contributed by atoms with van der Waals surface area (Å²) < 4.78 is 0. The summed E-state index contributed by atoms with van der Waals surface area (Å²) in [6.45, 7) is 5.42. The molecular formula is C20H26N4O2. The van der Waals surface area contributed by atoms with Crippen LogP contribution >= 0.6 is 0 Å². The van der Waals surface area contributed by atoms with E-state index in [0.717, 1.165) is 25.1 Å². The first-order valence-corrected chi connectivity index (χ1v) is 9.14. The van der Waals surface area contributed by atoms with Gasteiger partial charge in [0.25, 0.3) is 0 Å². The molecule has 0 radical (unpaired) electrons. The summed E-state index contributed by atoms with van der Waals surface area (Å²) in [7, 11) is 0. The van der Waals surface area contributed by atoms with E-state index in [1.807, 2.05) is 29.2 Å². The minimum absolute atomic E-state index is 0.153. The van der Waals surface area contributed by atoms with Crippen LogP contribution in [-0.2, 0) is 6.54 Å². The van der Waals surface area contributed by atoms with Gasteiger partial charge in [-0.05, 0) is 55.8 Å². The molecule has 1 aliphatic rings. The number of carbonyl (C=O) groups is 1. The second kappa shape index (κ2) is 8.67. The van der Waals surface area contributed by atoms with Gasteiger partial charge in [-0.3, -0.25) is 10.2 Å². The fourth-order valence-corrected chi connectivity index (χ4v) is 3.44. The van der Waals surface area contributed by atoms with Crippen molar-refractivity contribution in [3.8, 4) is 5.75 Å². The molecule has 0 aliphatic carbocycles. The topological polar surface area (TPSA) is 68.7 Å². The first-order chi connectivity index (χ1) is 12.7. The third-order valence-corrected chi connectivity index (χ3v) is 4.83. The van der Waals surface area contributed by atoms with Crippen molar-refractivity contribution in [2.24, 2.45) is 0 Å². The van der Waals surface area contributed by atoms with Crippen LogP contribution in [0.1, 0.15) is 25.3 Å². The van der Waals surface area contributed by atoms with Gasteiger partial charge in [0, 0.05) is 25.3 Å². The van der Waals surface area contributed by atoms with Gasteiger partial charge in [-0.2, -0.15) is 0 Å². The van der Waals surface area contributed by atoms with E-state index in [0.29, 0.717) is 24.9 Å². The summed E-state index contributed by atoms with van der Waals surface area (Å²) in [5.74, 6) is 0.776. The Kier molecular flexibility index (Phi) is 6.07. The van der Waals surface area contributed by atoms with Gasteiger partial charge in [0.15, 0.2) is 0 Å². The lowest BCUT2D eigenvalue weighted by molar-refractivity contribution is 0.175. The Labute approximate surface area is 154 Å². The van der Waals surface area contributed by atoms with E-state index in [2.05, 4.69) is 22.1 Å². The normalized spacial score (nSPS) is 17.2. The predicted octanol–water partition coefficient (Wildman–Crippen LogP) is 3.31. The number of anilines is 1. The van der Waals surface area contributed by atoms with Crippen LogP contribution in [0.4, 0.5) is 10.6 Å². The van der Waals surface area contributed by atoms with E-state index < -0.39 is 0 Å². The van der Waals surface area contributed by atoms with Crippen LogP contribution in [0.3, 0.4) is 0 Å². The number of likely N-dealkylation sites (tertiary alicyclic amines) is 1. The van der Waals surface area contributed by atoms with Crippen LogP contribution in [-0.4, -0.2) is 51.6 Å². The van der Waals surface area contributed by atoms with Crippen molar-refractivity contribution in [2.75, 3.05) is 25.0 Å². The highest BCUT2D eigenvalue weighted by atomic mass is 16.3. The van der Waals surface area contributed by atoms with Crippen molar-refractivity contribution >= 4 is 11.8 Å². The SMILES string of the molecule is CCN1CCC[C@@H]1CN(Cc1ccc(O)cc1)C(=O)Nc1ccccn1. The molecule has 2 heterocycles. The van der Waals surface area contributed by atoms with Gasteiger partial charge in [-0.1, -0.05) is 25.1 Å². The number of nitrogens with zero attached hydrogens (tertiary/aromatic N) is 3. The monoisotopic (exact) mass is 354 g/mol. The summed E-state index contributed by atoms with van der Waals surface area (Å²) in [4.78, 5) is 21.3. The second-order valence-electron chi connectivity index (χ2n) is 6.62. The maximum atomic E-state index is 12.9. The smallest absolute Gasteiger partial charge is 0.323 e. The van der Waals surface area contributed by atoms with Crippen molar-refractivity contribution < 1.29 is 9.90 Å². The van der Waals surface area contributed by atoms with E-state index in [9.17, 15) is 9.90 Å². The Bertz CT molecular complexity index is 706. The number of rotatable bonds is 6. The van der Waals surface area contributed by atoms with Crippen LogP contribution < -0.4 is 5.32 Å². The number of urea groups is 1. The minimum atomic E-state index is -0.153. The number of likely N-dealkylation sites (N-methyl/N-ethyl adjacent to an activating group) is 1. The number of aromatic hydroxyl groups is 1. The summed E-state index contributed by atoms with van der Waals surface area (Å²) in [6, 6.07) is 12.7. The molecule has 1 aromatic heterocycles. The Morgan fingerprint density at radius 3 is 2.81 bits per heavy atom. The quantitative estimate of drug-likeness (QED) is 0.835. The fraction of sp³-hybridized carbons (Fsp3) is 0.400. The molecule has 0 unspecified atom stereocenters. The van der Waals surface area contributed by atoms with E-state index in [4.69, 9.17) is 0 Å². The number of nitrogens with one attached hydrogen (secondary N) is 1. The number of amides is 2. The molecular weight excluding hydrogens is 328 g/mol. The first-order valence-electron chi connectivity index (χ1n) is 9.14. The lowest BCUT2D eigenvalue weighted by Crippen LogP contribution is -2.44. The molecule has 2 N–H and O–H groups in total. The van der Waals surface area contributed by atoms with Crippen molar-refractivity contribution in [1.82, 2.24) is 14.8 Å². The number of benzene rings is 1.